The highest BCUT2D eigenvalue weighted by molar-refractivity contribution is 14.1. The van der Waals surface area contributed by atoms with Crippen molar-refractivity contribution in [3.8, 4) is 22.5 Å². The Morgan fingerprint density at radius 1 is 0.971 bits per heavy atom. The standard InChI is InChI=1S/C26H17F2IN4O/c1-15-22(26(34)32-19-7-4-17(27)5-8-19)11-16(13-30-15)20-3-2-10-33-24(20)14-31-25(33)21-9-6-18(29)12-23(21)28/h2-14H,1H3,(H,32,34). The van der Waals surface area contributed by atoms with Crippen molar-refractivity contribution in [2.45, 2.75) is 6.92 Å². The summed E-state index contributed by atoms with van der Waals surface area (Å²) in [4.78, 5) is 21.8. The molecule has 168 valence electrons. The van der Waals surface area contributed by atoms with Crippen molar-refractivity contribution in [2.75, 3.05) is 5.32 Å². The summed E-state index contributed by atoms with van der Waals surface area (Å²) in [6, 6.07) is 16.1. The Balaban J connectivity index is 1.55. The monoisotopic (exact) mass is 566 g/mol. The molecule has 0 saturated heterocycles. The molecule has 3 heterocycles. The van der Waals surface area contributed by atoms with Crippen molar-refractivity contribution in [2.24, 2.45) is 0 Å². The molecule has 0 saturated carbocycles. The highest BCUT2D eigenvalue weighted by atomic mass is 127. The van der Waals surface area contributed by atoms with Crippen molar-refractivity contribution in [1.82, 2.24) is 14.4 Å². The number of rotatable bonds is 4. The van der Waals surface area contributed by atoms with Crippen LogP contribution in [0, 0.1) is 22.1 Å². The topological polar surface area (TPSA) is 59.3 Å². The van der Waals surface area contributed by atoms with Crippen LogP contribution in [0.2, 0.25) is 0 Å². The second-order valence-corrected chi connectivity index (χ2v) is 8.95. The number of nitrogens with zero attached hydrogens (tertiary/aromatic N) is 3. The molecule has 0 spiro atoms. The molecule has 5 nitrogen and oxygen atoms in total. The maximum Gasteiger partial charge on any atom is 0.257 e. The first-order valence-electron chi connectivity index (χ1n) is 10.4. The fourth-order valence-electron chi connectivity index (χ4n) is 3.78. The van der Waals surface area contributed by atoms with Crippen LogP contribution in [0.1, 0.15) is 16.1 Å². The van der Waals surface area contributed by atoms with E-state index in [1.165, 1.54) is 30.3 Å². The van der Waals surface area contributed by atoms with Gasteiger partial charge in [0, 0.05) is 32.8 Å². The lowest BCUT2D eigenvalue weighted by atomic mass is 10.0. The minimum Gasteiger partial charge on any atom is -0.322 e. The van der Waals surface area contributed by atoms with E-state index in [-0.39, 0.29) is 17.5 Å². The summed E-state index contributed by atoms with van der Waals surface area (Å²) < 4.78 is 30.4. The SMILES string of the molecule is Cc1ncc(-c2cccn3c(-c4ccc(I)cc4F)ncc23)cc1C(=O)Nc1ccc(F)cc1. The van der Waals surface area contributed by atoms with E-state index in [0.29, 0.717) is 28.3 Å². The Labute approximate surface area is 207 Å². The number of aromatic nitrogens is 3. The second-order valence-electron chi connectivity index (χ2n) is 7.70. The summed E-state index contributed by atoms with van der Waals surface area (Å²) in [7, 11) is 0. The molecule has 0 fully saturated rings. The van der Waals surface area contributed by atoms with Crippen LogP contribution in [0.25, 0.3) is 28.0 Å². The number of halogens is 3. The van der Waals surface area contributed by atoms with E-state index in [1.807, 2.05) is 28.8 Å². The number of fused-ring (bicyclic) bond motifs is 1. The molecule has 0 aliphatic carbocycles. The third-order valence-electron chi connectivity index (χ3n) is 5.49. The molecular formula is C26H17F2IN4O. The van der Waals surface area contributed by atoms with Gasteiger partial charge in [-0.15, -0.1) is 0 Å². The maximum atomic E-state index is 14.6. The van der Waals surface area contributed by atoms with Crippen LogP contribution >= 0.6 is 22.6 Å². The van der Waals surface area contributed by atoms with E-state index in [2.05, 4.69) is 37.9 Å². The average molecular weight is 566 g/mol. The number of benzene rings is 2. The summed E-state index contributed by atoms with van der Waals surface area (Å²) in [6.07, 6.45) is 5.19. The lowest BCUT2D eigenvalue weighted by Gasteiger charge is -2.11. The fourth-order valence-corrected chi connectivity index (χ4v) is 4.23. The quantitative estimate of drug-likeness (QED) is 0.253. The van der Waals surface area contributed by atoms with E-state index >= 15 is 0 Å². The van der Waals surface area contributed by atoms with Gasteiger partial charge in [-0.05, 0) is 84.1 Å². The van der Waals surface area contributed by atoms with Crippen LogP contribution in [0.5, 0.6) is 0 Å². The van der Waals surface area contributed by atoms with Crippen LogP contribution in [-0.2, 0) is 0 Å². The Kier molecular flexibility index (Phi) is 5.82. The van der Waals surface area contributed by atoms with Crippen molar-refractivity contribution in [3.05, 3.63) is 106 Å². The minimum atomic E-state index is -0.378. The Morgan fingerprint density at radius 3 is 2.53 bits per heavy atom. The summed E-state index contributed by atoms with van der Waals surface area (Å²) in [5.41, 5.74) is 4.12. The van der Waals surface area contributed by atoms with Gasteiger partial charge in [-0.1, -0.05) is 6.07 Å². The minimum absolute atomic E-state index is 0.346. The zero-order chi connectivity index (χ0) is 23.8. The molecule has 5 rings (SSSR count). The Morgan fingerprint density at radius 2 is 1.76 bits per heavy atom. The molecule has 2 aromatic carbocycles. The molecule has 34 heavy (non-hydrogen) atoms. The number of nitrogens with one attached hydrogen (secondary N) is 1. The van der Waals surface area contributed by atoms with Crippen molar-refractivity contribution >= 4 is 39.7 Å². The number of hydrogen-bond donors (Lipinski definition) is 1. The first-order chi connectivity index (χ1) is 16.4. The Hall–Kier alpha value is -3.66. The van der Waals surface area contributed by atoms with Crippen molar-refractivity contribution in [3.63, 3.8) is 0 Å². The summed E-state index contributed by atoms with van der Waals surface area (Å²) >= 11 is 2.07. The number of carbonyl (C=O) groups excluding carboxylic acids is 1. The van der Waals surface area contributed by atoms with Gasteiger partial charge in [0.05, 0.1) is 28.5 Å². The number of hydrogen-bond acceptors (Lipinski definition) is 3. The highest BCUT2D eigenvalue weighted by Gasteiger charge is 2.17. The molecule has 0 bridgehead atoms. The molecule has 0 atom stereocenters. The van der Waals surface area contributed by atoms with Crippen LogP contribution in [0.3, 0.4) is 0 Å². The third kappa shape index (κ3) is 4.16. The van der Waals surface area contributed by atoms with E-state index in [1.54, 1.807) is 31.5 Å². The molecule has 0 aliphatic heterocycles. The van der Waals surface area contributed by atoms with E-state index in [4.69, 9.17) is 0 Å². The number of anilines is 1. The highest BCUT2D eigenvalue weighted by Crippen LogP contribution is 2.30. The van der Waals surface area contributed by atoms with Gasteiger partial charge in [-0.25, -0.2) is 13.8 Å². The lowest BCUT2D eigenvalue weighted by molar-refractivity contribution is 0.102. The number of carbonyl (C=O) groups is 1. The number of amides is 1. The molecule has 1 amide bonds. The Bertz CT molecular complexity index is 1550. The second kappa shape index (κ2) is 8.94. The maximum absolute atomic E-state index is 14.6. The van der Waals surface area contributed by atoms with Gasteiger partial charge in [-0.2, -0.15) is 0 Å². The predicted molar refractivity (Wildman–Crippen MR) is 136 cm³/mol. The molecule has 1 N–H and O–H groups in total. The number of imidazole rings is 1. The first kappa shape index (κ1) is 22.1. The normalized spacial score (nSPS) is 11.1. The van der Waals surface area contributed by atoms with E-state index in [0.717, 1.165) is 20.2 Å². The molecular weight excluding hydrogens is 549 g/mol. The molecule has 0 aliphatic rings. The van der Waals surface area contributed by atoms with Gasteiger partial charge in [0.15, 0.2) is 0 Å². The van der Waals surface area contributed by atoms with E-state index in [9.17, 15) is 13.6 Å². The van der Waals surface area contributed by atoms with Crippen LogP contribution in [0.15, 0.2) is 79.3 Å². The zero-order valence-corrected chi connectivity index (χ0v) is 20.0. The molecule has 8 heteroatoms. The van der Waals surface area contributed by atoms with Crippen LogP contribution in [-0.4, -0.2) is 20.3 Å². The summed E-state index contributed by atoms with van der Waals surface area (Å²) in [5, 5.41) is 2.77. The lowest BCUT2D eigenvalue weighted by Crippen LogP contribution is -2.14. The van der Waals surface area contributed by atoms with Crippen molar-refractivity contribution < 1.29 is 13.6 Å². The molecule has 0 unspecified atom stereocenters. The van der Waals surface area contributed by atoms with E-state index < -0.39 is 0 Å². The van der Waals surface area contributed by atoms with Crippen LogP contribution in [0.4, 0.5) is 14.5 Å². The molecule has 5 aromatic rings. The van der Waals surface area contributed by atoms with Gasteiger partial charge in [0.1, 0.15) is 17.5 Å². The fraction of sp³-hybridized carbons (Fsp3) is 0.0385. The first-order valence-corrected chi connectivity index (χ1v) is 11.4. The predicted octanol–water partition coefficient (Wildman–Crippen LogP) is 6.51. The average Bonchev–Trinajstić information content (AvgIpc) is 3.25. The summed E-state index contributed by atoms with van der Waals surface area (Å²) in [6.45, 7) is 1.75. The third-order valence-corrected chi connectivity index (χ3v) is 6.16. The number of aryl methyl sites for hydroxylation is 1. The van der Waals surface area contributed by atoms with Gasteiger partial charge in [-0.3, -0.25) is 14.2 Å². The molecule has 3 aromatic heterocycles. The zero-order valence-electron chi connectivity index (χ0n) is 17.9. The van der Waals surface area contributed by atoms with Crippen LogP contribution < -0.4 is 5.32 Å². The van der Waals surface area contributed by atoms with Gasteiger partial charge < -0.3 is 5.32 Å². The number of pyridine rings is 2. The van der Waals surface area contributed by atoms with Gasteiger partial charge in [0.2, 0.25) is 0 Å². The summed E-state index contributed by atoms with van der Waals surface area (Å²) in [5.74, 6) is -0.585. The smallest absolute Gasteiger partial charge is 0.257 e. The largest absolute Gasteiger partial charge is 0.322 e. The van der Waals surface area contributed by atoms with Gasteiger partial charge >= 0.3 is 0 Å². The van der Waals surface area contributed by atoms with Gasteiger partial charge in [0.25, 0.3) is 5.91 Å². The van der Waals surface area contributed by atoms with Crippen molar-refractivity contribution in [1.29, 1.82) is 0 Å². The molecule has 0 radical (unpaired) electrons.